The standard InChI is InChI=1S/C14H18N4O3S/c1-4-18-10(2)13(9-16-18)14(19)17-11-5-7-12(8-6-11)22(20,21)15-3/h5-9,15H,4H2,1-3H3,(H,17,19). The highest BCUT2D eigenvalue weighted by Crippen LogP contribution is 2.15. The zero-order valence-corrected chi connectivity index (χ0v) is 13.4. The summed E-state index contributed by atoms with van der Waals surface area (Å²) < 4.78 is 27.2. The number of nitrogens with one attached hydrogen (secondary N) is 2. The highest BCUT2D eigenvalue weighted by Gasteiger charge is 2.15. The number of carbonyl (C=O) groups is 1. The fourth-order valence-electron chi connectivity index (χ4n) is 2.02. The first-order valence-corrected chi connectivity index (χ1v) is 8.24. The molecule has 7 nitrogen and oxygen atoms in total. The second kappa shape index (κ2) is 6.29. The van der Waals surface area contributed by atoms with Crippen molar-refractivity contribution in [3.05, 3.63) is 41.7 Å². The molecule has 8 heteroatoms. The number of sulfonamides is 1. The SMILES string of the molecule is CCn1ncc(C(=O)Nc2ccc(S(=O)(=O)NC)cc2)c1C. The van der Waals surface area contributed by atoms with Crippen LogP contribution in [0.25, 0.3) is 0 Å². The van der Waals surface area contributed by atoms with E-state index in [1.807, 2.05) is 13.8 Å². The van der Waals surface area contributed by atoms with Crippen LogP contribution in [0.5, 0.6) is 0 Å². The Morgan fingerprint density at radius 1 is 1.27 bits per heavy atom. The average molecular weight is 322 g/mol. The van der Waals surface area contributed by atoms with Gasteiger partial charge in [-0.05, 0) is 45.2 Å². The van der Waals surface area contributed by atoms with Crippen molar-refractivity contribution in [1.29, 1.82) is 0 Å². The van der Waals surface area contributed by atoms with Crippen molar-refractivity contribution >= 4 is 21.6 Å². The van der Waals surface area contributed by atoms with E-state index in [0.29, 0.717) is 17.8 Å². The maximum absolute atomic E-state index is 12.2. The minimum atomic E-state index is -3.48. The largest absolute Gasteiger partial charge is 0.322 e. The van der Waals surface area contributed by atoms with E-state index in [1.54, 1.807) is 16.8 Å². The van der Waals surface area contributed by atoms with Crippen LogP contribution in [0.4, 0.5) is 5.69 Å². The number of hydrogen-bond acceptors (Lipinski definition) is 4. The first kappa shape index (κ1) is 16.2. The molecule has 0 unspecified atom stereocenters. The fraction of sp³-hybridized carbons (Fsp3) is 0.286. The molecule has 0 aliphatic carbocycles. The lowest BCUT2D eigenvalue weighted by Crippen LogP contribution is -2.18. The van der Waals surface area contributed by atoms with Gasteiger partial charge < -0.3 is 5.32 Å². The predicted octanol–water partition coefficient (Wildman–Crippen LogP) is 1.37. The van der Waals surface area contributed by atoms with Crippen molar-refractivity contribution in [3.8, 4) is 0 Å². The van der Waals surface area contributed by atoms with E-state index in [-0.39, 0.29) is 10.8 Å². The van der Waals surface area contributed by atoms with Gasteiger partial charge in [-0.2, -0.15) is 5.10 Å². The van der Waals surface area contributed by atoms with Crippen LogP contribution < -0.4 is 10.0 Å². The molecule has 118 valence electrons. The lowest BCUT2D eigenvalue weighted by molar-refractivity contribution is 0.102. The molecule has 2 rings (SSSR count). The number of aromatic nitrogens is 2. The Morgan fingerprint density at radius 2 is 1.91 bits per heavy atom. The van der Waals surface area contributed by atoms with Gasteiger partial charge in [0.15, 0.2) is 0 Å². The first-order chi connectivity index (χ1) is 10.4. The van der Waals surface area contributed by atoms with E-state index in [0.717, 1.165) is 5.69 Å². The third-order valence-electron chi connectivity index (χ3n) is 3.34. The van der Waals surface area contributed by atoms with Gasteiger partial charge in [0.25, 0.3) is 5.91 Å². The fourth-order valence-corrected chi connectivity index (χ4v) is 2.75. The van der Waals surface area contributed by atoms with Gasteiger partial charge in [0.05, 0.1) is 16.7 Å². The molecule has 1 amide bonds. The molecule has 0 atom stereocenters. The smallest absolute Gasteiger partial charge is 0.259 e. The van der Waals surface area contributed by atoms with Gasteiger partial charge >= 0.3 is 0 Å². The molecule has 0 radical (unpaired) electrons. The van der Waals surface area contributed by atoms with Crippen molar-refractivity contribution in [1.82, 2.24) is 14.5 Å². The summed E-state index contributed by atoms with van der Waals surface area (Å²) in [5.41, 5.74) is 1.80. The number of hydrogen-bond donors (Lipinski definition) is 2. The van der Waals surface area contributed by atoms with E-state index < -0.39 is 10.0 Å². The van der Waals surface area contributed by atoms with Crippen molar-refractivity contribution in [3.63, 3.8) is 0 Å². The molecule has 0 fully saturated rings. The summed E-state index contributed by atoms with van der Waals surface area (Å²) in [6, 6.07) is 5.96. The summed E-state index contributed by atoms with van der Waals surface area (Å²) in [7, 11) is -2.13. The number of benzene rings is 1. The van der Waals surface area contributed by atoms with Crippen LogP contribution in [0.3, 0.4) is 0 Å². The summed E-state index contributed by atoms with van der Waals surface area (Å²) in [5, 5.41) is 6.85. The van der Waals surface area contributed by atoms with Gasteiger partial charge in [-0.25, -0.2) is 13.1 Å². The molecule has 2 N–H and O–H groups in total. The topological polar surface area (TPSA) is 93.1 Å². The number of aryl methyl sites for hydroxylation is 1. The lowest BCUT2D eigenvalue weighted by Gasteiger charge is -2.07. The molecule has 1 aromatic carbocycles. The second-order valence-electron chi connectivity index (χ2n) is 4.65. The Bertz CT molecular complexity index is 779. The summed E-state index contributed by atoms with van der Waals surface area (Å²) in [4.78, 5) is 12.3. The Morgan fingerprint density at radius 3 is 2.41 bits per heavy atom. The van der Waals surface area contributed by atoms with Gasteiger partial charge in [-0.3, -0.25) is 9.48 Å². The molecule has 0 saturated heterocycles. The summed E-state index contributed by atoms with van der Waals surface area (Å²) in [5.74, 6) is -0.276. The van der Waals surface area contributed by atoms with Crippen molar-refractivity contribution in [2.75, 3.05) is 12.4 Å². The normalized spacial score (nSPS) is 11.4. The summed E-state index contributed by atoms with van der Waals surface area (Å²) in [6.07, 6.45) is 1.52. The minimum Gasteiger partial charge on any atom is -0.322 e. The van der Waals surface area contributed by atoms with E-state index in [4.69, 9.17) is 0 Å². The summed E-state index contributed by atoms with van der Waals surface area (Å²) >= 11 is 0. The molecule has 22 heavy (non-hydrogen) atoms. The molecule has 1 aromatic heterocycles. The van der Waals surface area contributed by atoms with Crippen LogP contribution >= 0.6 is 0 Å². The maximum Gasteiger partial charge on any atom is 0.259 e. The zero-order chi connectivity index (χ0) is 16.3. The van der Waals surface area contributed by atoms with Crippen LogP contribution in [0.1, 0.15) is 23.0 Å². The third kappa shape index (κ3) is 3.18. The molecule has 2 aromatic rings. The molecule has 0 spiro atoms. The maximum atomic E-state index is 12.2. The van der Waals surface area contributed by atoms with Crippen LogP contribution in [0.15, 0.2) is 35.4 Å². The van der Waals surface area contributed by atoms with E-state index in [9.17, 15) is 13.2 Å². The lowest BCUT2D eigenvalue weighted by atomic mass is 10.2. The van der Waals surface area contributed by atoms with Crippen molar-refractivity contribution in [2.24, 2.45) is 0 Å². The number of carbonyl (C=O) groups excluding carboxylic acids is 1. The van der Waals surface area contributed by atoms with Crippen LogP contribution in [0.2, 0.25) is 0 Å². The molecule has 0 aliphatic heterocycles. The van der Waals surface area contributed by atoms with Crippen molar-refractivity contribution < 1.29 is 13.2 Å². The Kier molecular flexibility index (Phi) is 4.62. The highest BCUT2D eigenvalue weighted by molar-refractivity contribution is 7.89. The Hall–Kier alpha value is -2.19. The first-order valence-electron chi connectivity index (χ1n) is 6.76. The highest BCUT2D eigenvalue weighted by atomic mass is 32.2. The second-order valence-corrected chi connectivity index (χ2v) is 6.53. The molecular weight excluding hydrogens is 304 g/mol. The quantitative estimate of drug-likeness (QED) is 0.869. The van der Waals surface area contributed by atoms with E-state index in [1.165, 1.54) is 25.4 Å². The predicted molar refractivity (Wildman–Crippen MR) is 83.3 cm³/mol. The number of nitrogens with zero attached hydrogens (tertiary/aromatic N) is 2. The van der Waals surface area contributed by atoms with E-state index in [2.05, 4.69) is 15.1 Å². The zero-order valence-electron chi connectivity index (χ0n) is 12.6. The van der Waals surface area contributed by atoms with Crippen LogP contribution in [-0.4, -0.2) is 31.2 Å². The monoisotopic (exact) mass is 322 g/mol. The van der Waals surface area contributed by atoms with Gasteiger partial charge in [-0.1, -0.05) is 0 Å². The van der Waals surface area contributed by atoms with Gasteiger partial charge in [0.2, 0.25) is 10.0 Å². The molecular formula is C14H18N4O3S. The van der Waals surface area contributed by atoms with Gasteiger partial charge in [-0.15, -0.1) is 0 Å². The number of rotatable bonds is 5. The molecule has 0 aliphatic rings. The van der Waals surface area contributed by atoms with Crippen LogP contribution in [-0.2, 0) is 16.6 Å². The molecule has 1 heterocycles. The number of anilines is 1. The Balaban J connectivity index is 2.17. The van der Waals surface area contributed by atoms with E-state index >= 15 is 0 Å². The summed E-state index contributed by atoms with van der Waals surface area (Å²) in [6.45, 7) is 4.46. The minimum absolute atomic E-state index is 0.142. The van der Waals surface area contributed by atoms with Crippen molar-refractivity contribution in [2.45, 2.75) is 25.3 Å². The Labute approximate surface area is 129 Å². The number of amides is 1. The van der Waals surface area contributed by atoms with Gasteiger partial charge in [0.1, 0.15) is 0 Å². The third-order valence-corrected chi connectivity index (χ3v) is 4.77. The molecule has 0 bridgehead atoms. The average Bonchev–Trinajstić information content (AvgIpc) is 2.88. The van der Waals surface area contributed by atoms with Crippen LogP contribution in [0, 0.1) is 6.92 Å². The van der Waals surface area contributed by atoms with Gasteiger partial charge in [0, 0.05) is 17.9 Å². The molecule has 0 saturated carbocycles.